The molecule has 0 saturated heterocycles. The highest BCUT2D eigenvalue weighted by atomic mass is 35.5. The number of nitrogens with zero attached hydrogens (tertiary/aromatic N) is 1. The molecule has 7 heteroatoms. The fourth-order valence-electron chi connectivity index (χ4n) is 3.71. The maximum absolute atomic E-state index is 13.6. The Hall–Kier alpha value is -3.02. The molecule has 0 spiro atoms. The first kappa shape index (κ1) is 27.6. The first-order chi connectivity index (χ1) is 17.3. The summed E-state index contributed by atoms with van der Waals surface area (Å²) in [5.74, 6) is 0.000186. The molecule has 3 aromatic rings. The van der Waals surface area contributed by atoms with Crippen molar-refractivity contribution in [3.8, 4) is 5.75 Å². The fourth-order valence-corrected chi connectivity index (χ4v) is 4.23. The molecule has 0 aromatic heterocycles. The van der Waals surface area contributed by atoms with E-state index in [-0.39, 0.29) is 31.0 Å². The van der Waals surface area contributed by atoms with Crippen molar-refractivity contribution >= 4 is 35.0 Å². The zero-order valence-corrected chi connectivity index (χ0v) is 22.4. The van der Waals surface area contributed by atoms with E-state index in [2.05, 4.69) is 5.32 Å². The third-order valence-corrected chi connectivity index (χ3v) is 6.75. The van der Waals surface area contributed by atoms with Crippen molar-refractivity contribution in [2.75, 3.05) is 6.61 Å². The Morgan fingerprint density at radius 2 is 1.58 bits per heavy atom. The molecule has 0 unspecified atom stereocenters. The lowest BCUT2D eigenvalue weighted by Crippen LogP contribution is -2.53. The van der Waals surface area contributed by atoms with Gasteiger partial charge in [0.2, 0.25) is 5.91 Å². The van der Waals surface area contributed by atoms with Crippen LogP contribution in [0.2, 0.25) is 10.0 Å². The Kier molecular flexibility index (Phi) is 10.2. The molecular weight excluding hydrogens is 495 g/mol. The van der Waals surface area contributed by atoms with Crippen LogP contribution in [0.15, 0.2) is 72.8 Å². The number of rotatable bonds is 11. The highest BCUT2D eigenvalue weighted by Gasteiger charge is 2.32. The molecular formula is C29H32Cl2N2O3. The molecule has 3 rings (SSSR count). The van der Waals surface area contributed by atoms with E-state index in [0.29, 0.717) is 27.8 Å². The minimum atomic E-state index is -0.789. The molecule has 0 aliphatic rings. The Morgan fingerprint density at radius 1 is 0.944 bits per heavy atom. The van der Waals surface area contributed by atoms with Gasteiger partial charge in [0.05, 0.1) is 0 Å². The largest absolute Gasteiger partial charge is 0.484 e. The minimum absolute atomic E-state index is 0.0413. The van der Waals surface area contributed by atoms with Crippen molar-refractivity contribution in [1.82, 2.24) is 10.2 Å². The molecule has 0 saturated carbocycles. The summed E-state index contributed by atoms with van der Waals surface area (Å²) in [6.45, 7) is 5.76. The SMILES string of the molecule is CC[C@H](C)NC(=O)[C@@H](Cc1ccccc1)N(Cc1c(Cl)cccc1Cl)C(=O)COc1ccc(C)cc1. The van der Waals surface area contributed by atoms with Crippen LogP contribution in [0.25, 0.3) is 0 Å². The van der Waals surface area contributed by atoms with Crippen LogP contribution >= 0.6 is 23.2 Å². The number of nitrogens with one attached hydrogen (secondary N) is 1. The summed E-state index contributed by atoms with van der Waals surface area (Å²) in [4.78, 5) is 28.7. The van der Waals surface area contributed by atoms with Gasteiger partial charge in [-0.2, -0.15) is 0 Å². The number of benzene rings is 3. The summed E-state index contributed by atoms with van der Waals surface area (Å²) >= 11 is 12.9. The molecule has 2 atom stereocenters. The molecule has 190 valence electrons. The van der Waals surface area contributed by atoms with E-state index in [0.717, 1.165) is 17.5 Å². The van der Waals surface area contributed by atoms with Crippen LogP contribution < -0.4 is 10.1 Å². The molecule has 0 heterocycles. The second kappa shape index (κ2) is 13.3. The number of ether oxygens (including phenoxy) is 1. The van der Waals surface area contributed by atoms with Crippen LogP contribution in [0.3, 0.4) is 0 Å². The number of carbonyl (C=O) groups is 2. The summed E-state index contributed by atoms with van der Waals surface area (Å²) in [6.07, 6.45) is 1.10. The number of hydrogen-bond acceptors (Lipinski definition) is 3. The van der Waals surface area contributed by atoms with Crippen LogP contribution in [0, 0.1) is 6.92 Å². The van der Waals surface area contributed by atoms with E-state index >= 15 is 0 Å². The smallest absolute Gasteiger partial charge is 0.261 e. The maximum atomic E-state index is 13.6. The van der Waals surface area contributed by atoms with E-state index in [1.54, 1.807) is 18.2 Å². The average molecular weight is 527 g/mol. The van der Waals surface area contributed by atoms with Crippen LogP contribution in [0.5, 0.6) is 5.75 Å². The monoisotopic (exact) mass is 526 g/mol. The first-order valence-corrected chi connectivity index (χ1v) is 12.8. The zero-order chi connectivity index (χ0) is 26.1. The van der Waals surface area contributed by atoms with Gasteiger partial charge in [-0.25, -0.2) is 0 Å². The zero-order valence-electron chi connectivity index (χ0n) is 20.8. The fraction of sp³-hybridized carbons (Fsp3) is 0.310. The summed E-state index contributed by atoms with van der Waals surface area (Å²) in [7, 11) is 0. The van der Waals surface area contributed by atoms with Gasteiger partial charge in [0.1, 0.15) is 11.8 Å². The number of amides is 2. The summed E-state index contributed by atoms with van der Waals surface area (Å²) in [5, 5.41) is 3.90. The van der Waals surface area contributed by atoms with Crippen molar-refractivity contribution in [3.05, 3.63) is 99.5 Å². The second-order valence-electron chi connectivity index (χ2n) is 8.85. The van der Waals surface area contributed by atoms with Crippen LogP contribution in [-0.2, 0) is 22.6 Å². The van der Waals surface area contributed by atoms with Gasteiger partial charge in [0, 0.05) is 34.6 Å². The van der Waals surface area contributed by atoms with Crippen molar-refractivity contribution in [2.45, 2.75) is 52.2 Å². The Bertz CT molecular complexity index is 1130. The molecule has 0 bridgehead atoms. The molecule has 5 nitrogen and oxygen atoms in total. The number of carbonyl (C=O) groups excluding carboxylic acids is 2. The number of halogens is 2. The van der Waals surface area contributed by atoms with Crippen LogP contribution in [-0.4, -0.2) is 35.4 Å². The van der Waals surface area contributed by atoms with Gasteiger partial charge in [-0.15, -0.1) is 0 Å². The van der Waals surface area contributed by atoms with Gasteiger partial charge in [0.15, 0.2) is 6.61 Å². The van der Waals surface area contributed by atoms with Gasteiger partial charge < -0.3 is 15.0 Å². The Morgan fingerprint density at radius 3 is 2.19 bits per heavy atom. The van der Waals surface area contributed by atoms with Crippen LogP contribution in [0.4, 0.5) is 0 Å². The highest BCUT2D eigenvalue weighted by Crippen LogP contribution is 2.27. The van der Waals surface area contributed by atoms with E-state index in [9.17, 15) is 9.59 Å². The summed E-state index contributed by atoms with van der Waals surface area (Å²) < 4.78 is 5.80. The van der Waals surface area contributed by atoms with Crippen molar-refractivity contribution < 1.29 is 14.3 Å². The normalized spacial score (nSPS) is 12.5. The molecule has 3 aromatic carbocycles. The minimum Gasteiger partial charge on any atom is -0.484 e. The van der Waals surface area contributed by atoms with Gasteiger partial charge in [-0.05, 0) is 50.1 Å². The van der Waals surface area contributed by atoms with E-state index in [4.69, 9.17) is 27.9 Å². The van der Waals surface area contributed by atoms with Gasteiger partial charge in [0.25, 0.3) is 5.91 Å². The summed E-state index contributed by atoms with van der Waals surface area (Å²) in [5.41, 5.74) is 2.61. The second-order valence-corrected chi connectivity index (χ2v) is 9.66. The van der Waals surface area contributed by atoms with Crippen molar-refractivity contribution in [2.24, 2.45) is 0 Å². The van der Waals surface area contributed by atoms with E-state index in [1.165, 1.54) is 4.90 Å². The van der Waals surface area contributed by atoms with Crippen molar-refractivity contribution in [1.29, 1.82) is 0 Å². The summed E-state index contributed by atoms with van der Waals surface area (Å²) in [6, 6.07) is 21.4. The van der Waals surface area contributed by atoms with Gasteiger partial charge >= 0.3 is 0 Å². The first-order valence-electron chi connectivity index (χ1n) is 12.0. The molecule has 2 amide bonds. The topological polar surface area (TPSA) is 58.6 Å². The third-order valence-electron chi connectivity index (χ3n) is 6.05. The number of aryl methyl sites for hydroxylation is 1. The van der Waals surface area contributed by atoms with Gasteiger partial charge in [-0.1, -0.05) is 84.2 Å². The molecule has 1 N–H and O–H groups in total. The molecule has 36 heavy (non-hydrogen) atoms. The lowest BCUT2D eigenvalue weighted by Gasteiger charge is -2.32. The quantitative estimate of drug-likeness (QED) is 0.322. The lowest BCUT2D eigenvalue weighted by molar-refractivity contribution is -0.143. The number of hydrogen-bond donors (Lipinski definition) is 1. The lowest BCUT2D eigenvalue weighted by atomic mass is 10.0. The average Bonchev–Trinajstić information content (AvgIpc) is 2.87. The molecule has 0 aliphatic carbocycles. The standard InChI is InChI=1S/C29H32Cl2N2O3/c1-4-21(3)32-29(35)27(17-22-9-6-5-7-10-22)33(18-24-25(30)11-8-12-26(24)31)28(34)19-36-23-15-13-20(2)14-16-23/h5-16,21,27H,4,17-19H2,1-3H3,(H,32,35)/t21-,27+/m0/s1. The Labute approximate surface area is 223 Å². The molecule has 0 radical (unpaired) electrons. The predicted octanol–water partition coefficient (Wildman–Crippen LogP) is 6.24. The third kappa shape index (κ3) is 7.74. The van der Waals surface area contributed by atoms with E-state index in [1.807, 2.05) is 75.4 Å². The Balaban J connectivity index is 1.95. The molecule has 0 aliphatic heterocycles. The predicted molar refractivity (Wildman–Crippen MR) is 146 cm³/mol. The van der Waals surface area contributed by atoms with Gasteiger partial charge in [-0.3, -0.25) is 9.59 Å². The van der Waals surface area contributed by atoms with Crippen LogP contribution in [0.1, 0.15) is 37.0 Å². The van der Waals surface area contributed by atoms with Crippen molar-refractivity contribution in [3.63, 3.8) is 0 Å². The maximum Gasteiger partial charge on any atom is 0.261 e. The van der Waals surface area contributed by atoms with E-state index < -0.39 is 6.04 Å². The molecule has 0 fully saturated rings. The highest BCUT2D eigenvalue weighted by molar-refractivity contribution is 6.36.